The highest BCUT2D eigenvalue weighted by Crippen LogP contribution is 2.42. The van der Waals surface area contributed by atoms with Crippen LogP contribution in [0.25, 0.3) is 39.0 Å². The van der Waals surface area contributed by atoms with Gasteiger partial charge in [0.05, 0.1) is 46.7 Å². The van der Waals surface area contributed by atoms with Gasteiger partial charge in [-0.1, -0.05) is 43.0 Å². The second kappa shape index (κ2) is 11.5. The first-order valence-electron chi connectivity index (χ1n) is 15.1. The molecule has 2 aromatic heterocycles. The highest BCUT2D eigenvalue weighted by atomic mass is 19.1. The quantitative estimate of drug-likeness (QED) is 0.260. The predicted octanol–water partition coefficient (Wildman–Crippen LogP) is 6.12. The first kappa shape index (κ1) is 29.5. The third-order valence-corrected chi connectivity index (χ3v) is 9.43. The minimum Gasteiger partial charge on any atom is -0.352 e. The van der Waals surface area contributed by atoms with E-state index >= 15 is 4.39 Å². The van der Waals surface area contributed by atoms with Crippen molar-refractivity contribution in [2.24, 2.45) is 0 Å². The molecule has 6 rings (SSSR count). The summed E-state index contributed by atoms with van der Waals surface area (Å²) in [6.07, 6.45) is 9.15. The first-order chi connectivity index (χ1) is 21.2. The van der Waals surface area contributed by atoms with Crippen LogP contribution in [0.4, 0.5) is 10.2 Å². The van der Waals surface area contributed by atoms with E-state index in [1.807, 2.05) is 42.1 Å². The average Bonchev–Trinajstić information content (AvgIpc) is 3.44. The number of fused-ring (bicyclic) bond motifs is 3. The smallest absolute Gasteiger partial charge is 0.157 e. The molecule has 0 radical (unpaired) electrons. The molecule has 2 fully saturated rings. The predicted molar refractivity (Wildman–Crippen MR) is 174 cm³/mol. The van der Waals surface area contributed by atoms with Gasteiger partial charge < -0.3 is 15.1 Å². The van der Waals surface area contributed by atoms with Gasteiger partial charge in [-0.15, -0.1) is 0 Å². The number of nitriles is 2. The van der Waals surface area contributed by atoms with Crippen LogP contribution in [0.2, 0.25) is 0 Å². The Morgan fingerprint density at radius 3 is 2.75 bits per heavy atom. The molecule has 0 aliphatic carbocycles. The van der Waals surface area contributed by atoms with E-state index in [1.165, 1.54) is 0 Å². The SMILES string of the molecule is C=C/C=C\c1cccc(-c2c(C)cc3c(nc(N4CC(C)(N(C)C)C4)c4cnn([C@H]5CCN[C@H](CC#N)C5)c43)c2F)c1C#N. The maximum Gasteiger partial charge on any atom is 0.157 e. The summed E-state index contributed by atoms with van der Waals surface area (Å²) >= 11 is 0. The number of hydrogen-bond donors (Lipinski definition) is 1. The highest BCUT2D eigenvalue weighted by molar-refractivity contribution is 6.10. The van der Waals surface area contributed by atoms with Crippen LogP contribution in [0.3, 0.4) is 0 Å². The van der Waals surface area contributed by atoms with Crippen molar-refractivity contribution in [3.05, 3.63) is 71.7 Å². The Labute approximate surface area is 257 Å². The van der Waals surface area contributed by atoms with Gasteiger partial charge in [0, 0.05) is 35.6 Å². The number of aromatic nitrogens is 3. The van der Waals surface area contributed by atoms with Crippen molar-refractivity contribution < 1.29 is 4.39 Å². The van der Waals surface area contributed by atoms with Crippen molar-refractivity contribution in [2.45, 2.75) is 50.7 Å². The van der Waals surface area contributed by atoms with Crippen molar-refractivity contribution in [1.82, 2.24) is 25.0 Å². The Morgan fingerprint density at radius 2 is 2.05 bits per heavy atom. The number of halogens is 1. The summed E-state index contributed by atoms with van der Waals surface area (Å²) in [5, 5.41) is 29.4. The summed E-state index contributed by atoms with van der Waals surface area (Å²) in [5.41, 5.74) is 3.86. The van der Waals surface area contributed by atoms with Gasteiger partial charge in [0.1, 0.15) is 17.4 Å². The molecule has 44 heavy (non-hydrogen) atoms. The Bertz CT molecular complexity index is 1880. The van der Waals surface area contributed by atoms with E-state index in [9.17, 15) is 10.5 Å². The second-order valence-electron chi connectivity index (χ2n) is 12.5. The van der Waals surface area contributed by atoms with Crippen molar-refractivity contribution in [1.29, 1.82) is 10.5 Å². The molecule has 2 saturated heterocycles. The summed E-state index contributed by atoms with van der Waals surface area (Å²) in [4.78, 5) is 9.44. The molecule has 0 bridgehead atoms. The van der Waals surface area contributed by atoms with E-state index < -0.39 is 5.82 Å². The van der Waals surface area contributed by atoms with Gasteiger partial charge in [-0.25, -0.2) is 9.37 Å². The molecule has 2 aliphatic rings. The third-order valence-electron chi connectivity index (χ3n) is 9.43. The first-order valence-corrected chi connectivity index (χ1v) is 15.1. The molecule has 4 heterocycles. The maximum atomic E-state index is 17.0. The average molecular weight is 589 g/mol. The molecule has 0 spiro atoms. The number of nitrogens with zero attached hydrogens (tertiary/aromatic N) is 7. The van der Waals surface area contributed by atoms with Crippen LogP contribution in [-0.4, -0.2) is 65.0 Å². The monoisotopic (exact) mass is 588 g/mol. The van der Waals surface area contributed by atoms with Crippen LogP contribution >= 0.6 is 0 Å². The van der Waals surface area contributed by atoms with Crippen molar-refractivity contribution >= 4 is 33.7 Å². The van der Waals surface area contributed by atoms with E-state index in [1.54, 1.807) is 18.2 Å². The number of anilines is 1. The van der Waals surface area contributed by atoms with E-state index in [0.29, 0.717) is 34.1 Å². The fourth-order valence-corrected chi connectivity index (χ4v) is 6.76. The molecule has 0 saturated carbocycles. The van der Waals surface area contributed by atoms with Crippen molar-refractivity contribution in [2.75, 3.05) is 38.6 Å². The normalized spacial score (nSPS) is 19.8. The molecule has 224 valence electrons. The third kappa shape index (κ3) is 4.83. The summed E-state index contributed by atoms with van der Waals surface area (Å²) in [6.45, 7) is 10.1. The Kier molecular flexibility index (Phi) is 7.71. The number of nitrogens with one attached hydrogen (secondary N) is 1. The van der Waals surface area contributed by atoms with E-state index in [-0.39, 0.29) is 23.1 Å². The number of likely N-dealkylation sites (N-methyl/N-ethyl adjacent to an activating group) is 1. The van der Waals surface area contributed by atoms with Crippen LogP contribution in [0, 0.1) is 35.4 Å². The van der Waals surface area contributed by atoms with Crippen molar-refractivity contribution in [3.63, 3.8) is 0 Å². The second-order valence-corrected chi connectivity index (χ2v) is 12.5. The van der Waals surface area contributed by atoms with Gasteiger partial charge in [-0.05, 0) is 64.5 Å². The fraction of sp³-hybridized carbons (Fsp3) is 0.371. The van der Waals surface area contributed by atoms with Crippen LogP contribution in [-0.2, 0) is 0 Å². The molecule has 8 nitrogen and oxygen atoms in total. The number of piperidine rings is 1. The zero-order valence-corrected chi connectivity index (χ0v) is 25.7. The lowest BCUT2D eigenvalue weighted by Crippen LogP contribution is -2.67. The topological polar surface area (TPSA) is 96.8 Å². The summed E-state index contributed by atoms with van der Waals surface area (Å²) in [6, 6.07) is 12.2. The lowest BCUT2D eigenvalue weighted by atomic mass is 9.89. The van der Waals surface area contributed by atoms with Crippen LogP contribution in [0.15, 0.2) is 49.2 Å². The molecule has 2 aliphatic heterocycles. The minimum atomic E-state index is -0.444. The number of pyridine rings is 1. The van der Waals surface area contributed by atoms with Crippen LogP contribution in [0.1, 0.15) is 48.9 Å². The fourth-order valence-electron chi connectivity index (χ4n) is 6.76. The molecule has 0 unspecified atom stereocenters. The Balaban J connectivity index is 1.59. The van der Waals surface area contributed by atoms with Crippen molar-refractivity contribution in [3.8, 4) is 23.3 Å². The molecule has 4 aromatic rings. The Morgan fingerprint density at radius 1 is 1.25 bits per heavy atom. The molecular formula is C35H37FN8. The highest BCUT2D eigenvalue weighted by Gasteiger charge is 2.42. The lowest BCUT2D eigenvalue weighted by Gasteiger charge is -2.52. The molecule has 0 amide bonds. The largest absolute Gasteiger partial charge is 0.352 e. The van der Waals surface area contributed by atoms with E-state index in [4.69, 9.17) is 10.1 Å². The number of rotatable bonds is 7. The van der Waals surface area contributed by atoms with Gasteiger partial charge in [-0.3, -0.25) is 4.68 Å². The van der Waals surface area contributed by atoms with Gasteiger partial charge in [0.25, 0.3) is 0 Å². The Hall–Kier alpha value is -4.57. The summed E-state index contributed by atoms with van der Waals surface area (Å²) in [5.74, 6) is 0.276. The van der Waals surface area contributed by atoms with Gasteiger partial charge >= 0.3 is 0 Å². The summed E-state index contributed by atoms with van der Waals surface area (Å²) < 4.78 is 19.1. The van der Waals surface area contributed by atoms with Crippen LogP contribution < -0.4 is 10.2 Å². The van der Waals surface area contributed by atoms with Gasteiger partial charge in [0.15, 0.2) is 5.82 Å². The number of aryl methyl sites for hydroxylation is 1. The molecule has 9 heteroatoms. The van der Waals surface area contributed by atoms with Crippen LogP contribution in [0.5, 0.6) is 0 Å². The van der Waals surface area contributed by atoms with E-state index in [2.05, 4.69) is 54.9 Å². The molecule has 1 N–H and O–H groups in total. The number of allylic oxidation sites excluding steroid dienone is 2. The lowest BCUT2D eigenvalue weighted by molar-refractivity contribution is 0.133. The van der Waals surface area contributed by atoms with Gasteiger partial charge in [0.2, 0.25) is 0 Å². The minimum absolute atomic E-state index is 0.0173. The molecule has 2 aromatic carbocycles. The number of hydrogen-bond acceptors (Lipinski definition) is 7. The van der Waals surface area contributed by atoms with E-state index in [0.717, 1.165) is 54.8 Å². The molecular weight excluding hydrogens is 551 g/mol. The zero-order valence-electron chi connectivity index (χ0n) is 25.7. The van der Waals surface area contributed by atoms with Gasteiger partial charge in [-0.2, -0.15) is 15.6 Å². The number of benzene rings is 2. The zero-order chi connectivity index (χ0) is 31.2. The molecule has 2 atom stereocenters. The maximum absolute atomic E-state index is 17.0. The standard InChI is InChI=1S/C35H37FN8/c1-6-7-9-23-10-8-11-26(28(23)18-38)30-22(2)16-27-32(31(30)36)41-34(43-20-35(3,21-43)42(4)5)29-19-40-44(33(27)29)25-13-15-39-24(17-25)12-14-37/h6-11,16,19,24-25,39H,1,12-13,15,17,20-21H2,2-5H3/b9-7-/t24-,25+/m1/s1. The summed E-state index contributed by atoms with van der Waals surface area (Å²) in [7, 11) is 4.15.